The second-order valence-electron chi connectivity index (χ2n) is 5.17. The van der Waals surface area contributed by atoms with Crippen LogP contribution < -0.4 is 4.90 Å². The molecule has 1 aromatic carbocycles. The van der Waals surface area contributed by atoms with Crippen LogP contribution in [0.4, 0.5) is 5.95 Å². The first kappa shape index (κ1) is 12.8. The highest BCUT2D eigenvalue weighted by Gasteiger charge is 2.18. The monoisotopic (exact) mass is 267 g/mol. The molecule has 0 spiro atoms. The van der Waals surface area contributed by atoms with Crippen molar-refractivity contribution in [3.05, 3.63) is 42.2 Å². The summed E-state index contributed by atoms with van der Waals surface area (Å²) in [6.45, 7) is 3.52. The van der Waals surface area contributed by atoms with Crippen LogP contribution in [0, 0.1) is 6.92 Å². The van der Waals surface area contributed by atoms with E-state index < -0.39 is 0 Å². The van der Waals surface area contributed by atoms with Crippen LogP contribution in [0.3, 0.4) is 0 Å². The van der Waals surface area contributed by atoms with Gasteiger partial charge in [-0.15, -0.1) is 0 Å². The Kier molecular flexibility index (Phi) is 3.46. The fraction of sp³-hybridized carbons (Fsp3) is 0.312. The third-order valence-corrected chi connectivity index (χ3v) is 3.59. The number of carbonyl (C=O) groups excluding carboxylic acids is 1. The Morgan fingerprint density at radius 3 is 2.40 bits per heavy atom. The van der Waals surface area contributed by atoms with E-state index in [1.165, 1.54) is 5.56 Å². The van der Waals surface area contributed by atoms with Crippen LogP contribution in [-0.2, 0) is 4.79 Å². The summed E-state index contributed by atoms with van der Waals surface area (Å²) in [5, 5.41) is 0. The van der Waals surface area contributed by atoms with Crippen LogP contribution >= 0.6 is 0 Å². The first-order chi connectivity index (χ1) is 9.72. The van der Waals surface area contributed by atoms with Crippen molar-refractivity contribution < 1.29 is 4.79 Å². The standard InChI is InChI=1S/C16H17N3O/c1-12-3-2-4-13(9-12)14-10-17-16(18-11-14)19-7-5-15(20)6-8-19/h2-4,9-11H,5-8H2,1H3. The van der Waals surface area contributed by atoms with Crippen LogP contribution in [0.1, 0.15) is 18.4 Å². The van der Waals surface area contributed by atoms with E-state index in [2.05, 4.69) is 40.0 Å². The number of ketones is 1. The molecule has 0 aliphatic carbocycles. The molecular formula is C16H17N3O. The van der Waals surface area contributed by atoms with E-state index >= 15 is 0 Å². The zero-order chi connectivity index (χ0) is 13.9. The molecule has 0 atom stereocenters. The zero-order valence-corrected chi connectivity index (χ0v) is 11.5. The third kappa shape index (κ3) is 2.69. The van der Waals surface area contributed by atoms with Crippen LogP contribution in [0.2, 0.25) is 0 Å². The Bertz CT molecular complexity index is 612. The maximum Gasteiger partial charge on any atom is 0.225 e. The number of nitrogens with zero attached hydrogens (tertiary/aromatic N) is 3. The molecule has 4 heteroatoms. The van der Waals surface area contributed by atoms with Crippen molar-refractivity contribution in [3.8, 4) is 11.1 Å². The molecule has 0 N–H and O–H groups in total. The average molecular weight is 267 g/mol. The van der Waals surface area contributed by atoms with Crippen LogP contribution in [0.15, 0.2) is 36.7 Å². The number of piperidine rings is 1. The Balaban J connectivity index is 1.79. The van der Waals surface area contributed by atoms with Crippen molar-refractivity contribution in [1.29, 1.82) is 0 Å². The van der Waals surface area contributed by atoms with Gasteiger partial charge in [0, 0.05) is 43.9 Å². The molecule has 1 aliphatic rings. The maximum absolute atomic E-state index is 11.2. The van der Waals surface area contributed by atoms with Gasteiger partial charge in [0.1, 0.15) is 5.78 Å². The van der Waals surface area contributed by atoms with Gasteiger partial charge in [-0.1, -0.05) is 29.8 Å². The summed E-state index contributed by atoms with van der Waals surface area (Å²) in [5.74, 6) is 1.05. The molecule has 4 nitrogen and oxygen atoms in total. The number of rotatable bonds is 2. The Labute approximate surface area is 118 Å². The highest BCUT2D eigenvalue weighted by atomic mass is 16.1. The maximum atomic E-state index is 11.2. The highest BCUT2D eigenvalue weighted by molar-refractivity contribution is 5.80. The number of aromatic nitrogens is 2. The fourth-order valence-electron chi connectivity index (χ4n) is 2.41. The number of Topliss-reactive ketones (excluding diaryl/α,β-unsaturated/α-hetero) is 1. The minimum absolute atomic E-state index is 0.331. The SMILES string of the molecule is Cc1cccc(-c2cnc(N3CCC(=O)CC3)nc2)c1. The van der Waals surface area contributed by atoms with Gasteiger partial charge in [-0.3, -0.25) is 4.79 Å². The number of anilines is 1. The zero-order valence-electron chi connectivity index (χ0n) is 11.5. The summed E-state index contributed by atoms with van der Waals surface area (Å²) in [6.07, 6.45) is 4.91. The quantitative estimate of drug-likeness (QED) is 0.839. The number of carbonyl (C=O) groups is 1. The molecular weight excluding hydrogens is 250 g/mol. The fourth-order valence-corrected chi connectivity index (χ4v) is 2.41. The van der Waals surface area contributed by atoms with Gasteiger partial charge < -0.3 is 4.90 Å². The molecule has 2 aromatic rings. The lowest BCUT2D eigenvalue weighted by Crippen LogP contribution is -2.34. The van der Waals surface area contributed by atoms with Crippen molar-refractivity contribution >= 4 is 11.7 Å². The van der Waals surface area contributed by atoms with Crippen molar-refractivity contribution in [3.63, 3.8) is 0 Å². The van der Waals surface area contributed by atoms with Crippen molar-refractivity contribution in [2.24, 2.45) is 0 Å². The minimum Gasteiger partial charge on any atom is -0.340 e. The van der Waals surface area contributed by atoms with Gasteiger partial charge in [0.15, 0.2) is 0 Å². The van der Waals surface area contributed by atoms with Gasteiger partial charge in [0.2, 0.25) is 5.95 Å². The van der Waals surface area contributed by atoms with Gasteiger partial charge in [-0.25, -0.2) is 9.97 Å². The number of aryl methyl sites for hydroxylation is 1. The average Bonchev–Trinajstić information content (AvgIpc) is 2.48. The molecule has 0 amide bonds. The molecule has 1 aliphatic heterocycles. The predicted octanol–water partition coefficient (Wildman–Crippen LogP) is 2.62. The summed E-state index contributed by atoms with van der Waals surface area (Å²) in [6, 6.07) is 8.29. The first-order valence-electron chi connectivity index (χ1n) is 6.88. The largest absolute Gasteiger partial charge is 0.340 e. The van der Waals surface area contributed by atoms with E-state index in [0.717, 1.165) is 24.2 Å². The van der Waals surface area contributed by atoms with E-state index in [0.29, 0.717) is 24.6 Å². The molecule has 0 saturated carbocycles. The summed E-state index contributed by atoms with van der Waals surface area (Å²) in [4.78, 5) is 22.2. The first-order valence-corrected chi connectivity index (χ1v) is 6.88. The molecule has 0 radical (unpaired) electrons. The topological polar surface area (TPSA) is 46.1 Å². The second kappa shape index (κ2) is 5.41. The smallest absolute Gasteiger partial charge is 0.225 e. The van der Waals surface area contributed by atoms with Crippen LogP contribution in [0.25, 0.3) is 11.1 Å². The van der Waals surface area contributed by atoms with Crippen molar-refractivity contribution in [2.45, 2.75) is 19.8 Å². The van der Waals surface area contributed by atoms with E-state index in [1.807, 2.05) is 18.5 Å². The predicted molar refractivity (Wildman–Crippen MR) is 78.7 cm³/mol. The number of benzene rings is 1. The summed E-state index contributed by atoms with van der Waals surface area (Å²) in [7, 11) is 0. The normalized spacial score (nSPS) is 15.4. The molecule has 1 fully saturated rings. The van der Waals surface area contributed by atoms with E-state index in [-0.39, 0.29) is 0 Å². The lowest BCUT2D eigenvalue weighted by Gasteiger charge is -2.25. The molecule has 0 unspecified atom stereocenters. The number of hydrogen-bond donors (Lipinski definition) is 0. The Morgan fingerprint density at radius 1 is 1.05 bits per heavy atom. The van der Waals surface area contributed by atoms with E-state index in [1.54, 1.807) is 0 Å². The molecule has 1 aromatic heterocycles. The molecule has 1 saturated heterocycles. The summed E-state index contributed by atoms with van der Waals surface area (Å²) < 4.78 is 0. The second-order valence-corrected chi connectivity index (χ2v) is 5.17. The molecule has 102 valence electrons. The Hall–Kier alpha value is -2.23. The van der Waals surface area contributed by atoms with Gasteiger partial charge in [0.05, 0.1) is 0 Å². The summed E-state index contributed by atoms with van der Waals surface area (Å²) in [5.41, 5.74) is 3.37. The minimum atomic E-state index is 0.331. The third-order valence-electron chi connectivity index (χ3n) is 3.59. The van der Waals surface area contributed by atoms with E-state index in [4.69, 9.17) is 0 Å². The Morgan fingerprint density at radius 2 is 1.75 bits per heavy atom. The summed E-state index contributed by atoms with van der Waals surface area (Å²) >= 11 is 0. The molecule has 2 heterocycles. The molecule has 3 rings (SSSR count). The van der Waals surface area contributed by atoms with Gasteiger partial charge >= 0.3 is 0 Å². The van der Waals surface area contributed by atoms with Crippen molar-refractivity contribution in [1.82, 2.24) is 9.97 Å². The van der Waals surface area contributed by atoms with Crippen LogP contribution in [-0.4, -0.2) is 28.8 Å². The van der Waals surface area contributed by atoms with Crippen LogP contribution in [0.5, 0.6) is 0 Å². The molecule has 20 heavy (non-hydrogen) atoms. The highest BCUT2D eigenvalue weighted by Crippen LogP contribution is 2.20. The van der Waals surface area contributed by atoms with Gasteiger partial charge in [0.25, 0.3) is 0 Å². The van der Waals surface area contributed by atoms with Gasteiger partial charge in [-0.05, 0) is 12.5 Å². The van der Waals surface area contributed by atoms with Gasteiger partial charge in [-0.2, -0.15) is 0 Å². The van der Waals surface area contributed by atoms with E-state index in [9.17, 15) is 4.79 Å². The lowest BCUT2D eigenvalue weighted by molar-refractivity contribution is -0.119. The van der Waals surface area contributed by atoms with Crippen molar-refractivity contribution in [2.75, 3.05) is 18.0 Å². The molecule has 0 bridgehead atoms. The number of hydrogen-bond acceptors (Lipinski definition) is 4. The lowest BCUT2D eigenvalue weighted by atomic mass is 10.1.